The molecule has 1 aromatic carbocycles. The molecule has 0 N–H and O–H groups in total. The molecule has 5 heteroatoms. The van der Waals surface area contributed by atoms with E-state index in [4.69, 9.17) is 0 Å². The number of fused-ring (bicyclic) bond motifs is 1. The lowest BCUT2D eigenvalue weighted by atomic mass is 9.92. The van der Waals surface area contributed by atoms with Crippen LogP contribution in [0.25, 0.3) is 0 Å². The molecule has 26 heavy (non-hydrogen) atoms. The van der Waals surface area contributed by atoms with E-state index >= 15 is 0 Å². The summed E-state index contributed by atoms with van der Waals surface area (Å²) in [6.45, 7) is 5.86. The van der Waals surface area contributed by atoms with Gasteiger partial charge in [0.1, 0.15) is 0 Å². The fraction of sp³-hybridized carbons (Fsp3) is 0.524. The molecular weight excluding hydrogens is 324 g/mol. The van der Waals surface area contributed by atoms with E-state index in [9.17, 15) is 4.79 Å². The molecule has 0 spiro atoms. The minimum atomic E-state index is 0.342. The molecule has 1 saturated heterocycles. The predicted molar refractivity (Wildman–Crippen MR) is 102 cm³/mol. The lowest BCUT2D eigenvalue weighted by molar-refractivity contribution is -0.133. The normalized spacial score (nSPS) is 18.7. The van der Waals surface area contributed by atoms with Crippen molar-refractivity contribution < 1.29 is 4.79 Å². The number of rotatable bonds is 5. The number of carbonyl (C=O) groups excluding carboxylic acids is 1. The summed E-state index contributed by atoms with van der Waals surface area (Å²) in [5, 5.41) is 4.26. The van der Waals surface area contributed by atoms with Crippen molar-refractivity contribution in [3.8, 4) is 0 Å². The van der Waals surface area contributed by atoms with Crippen LogP contribution >= 0.6 is 0 Å². The number of piperidine rings is 1. The quantitative estimate of drug-likeness (QED) is 0.830. The Kier molecular flexibility index (Phi) is 5.34. The summed E-state index contributed by atoms with van der Waals surface area (Å²) in [5.41, 5.74) is 2.72. The molecule has 138 valence electrons. The summed E-state index contributed by atoms with van der Waals surface area (Å²) in [4.78, 5) is 17.3. The van der Waals surface area contributed by atoms with Crippen LogP contribution in [-0.2, 0) is 24.3 Å². The van der Waals surface area contributed by atoms with Gasteiger partial charge in [-0.05, 0) is 55.5 Å². The van der Waals surface area contributed by atoms with Crippen LogP contribution in [0.2, 0.25) is 0 Å². The number of aromatic nitrogens is 2. The second kappa shape index (κ2) is 8.04. The number of hydrogen-bond donors (Lipinski definition) is 0. The maximum Gasteiger partial charge on any atom is 0.223 e. The molecule has 0 bridgehead atoms. The Morgan fingerprint density at radius 1 is 1.04 bits per heavy atom. The third kappa shape index (κ3) is 4.15. The van der Waals surface area contributed by atoms with Gasteiger partial charge in [0.15, 0.2) is 0 Å². The van der Waals surface area contributed by atoms with Crippen molar-refractivity contribution in [3.05, 3.63) is 53.9 Å². The average Bonchev–Trinajstić information content (AvgIpc) is 3.21. The topological polar surface area (TPSA) is 41.4 Å². The Hall–Kier alpha value is -2.14. The van der Waals surface area contributed by atoms with E-state index in [-0.39, 0.29) is 0 Å². The van der Waals surface area contributed by atoms with Gasteiger partial charge < -0.3 is 9.80 Å². The standard InChI is InChI=1S/C21H28N4O/c26-21(24-13-8-19-4-1-2-5-20(19)17-24)16-18-6-11-23(12-7-18)14-15-25-10-3-9-22-25/h1-5,9-10,18H,6-8,11-17H2. The summed E-state index contributed by atoms with van der Waals surface area (Å²) < 4.78 is 1.99. The van der Waals surface area contributed by atoms with E-state index < -0.39 is 0 Å². The first-order valence-electron chi connectivity index (χ1n) is 9.82. The molecule has 0 aliphatic carbocycles. The SMILES string of the molecule is O=C(CC1CCN(CCn2cccn2)CC1)N1CCc2ccccc2C1. The highest BCUT2D eigenvalue weighted by Crippen LogP contribution is 2.24. The van der Waals surface area contributed by atoms with Crippen molar-refractivity contribution in [1.29, 1.82) is 0 Å². The number of carbonyl (C=O) groups is 1. The van der Waals surface area contributed by atoms with Crippen molar-refractivity contribution in [2.75, 3.05) is 26.2 Å². The van der Waals surface area contributed by atoms with E-state index in [0.717, 1.165) is 65.0 Å². The second-order valence-electron chi connectivity index (χ2n) is 7.59. The smallest absolute Gasteiger partial charge is 0.223 e. The van der Waals surface area contributed by atoms with E-state index in [1.165, 1.54) is 11.1 Å². The van der Waals surface area contributed by atoms with E-state index in [1.54, 1.807) is 0 Å². The molecule has 1 amide bonds. The van der Waals surface area contributed by atoms with Gasteiger partial charge in [-0.1, -0.05) is 24.3 Å². The Morgan fingerprint density at radius 3 is 2.62 bits per heavy atom. The van der Waals surface area contributed by atoms with Gasteiger partial charge in [0, 0.05) is 38.4 Å². The molecule has 4 rings (SSSR count). The number of nitrogens with zero attached hydrogens (tertiary/aromatic N) is 4. The molecule has 0 saturated carbocycles. The Labute approximate surface area is 155 Å². The molecule has 0 atom stereocenters. The molecule has 1 aromatic heterocycles. The minimum Gasteiger partial charge on any atom is -0.338 e. The zero-order valence-electron chi connectivity index (χ0n) is 15.4. The first-order valence-corrected chi connectivity index (χ1v) is 9.82. The highest BCUT2D eigenvalue weighted by Gasteiger charge is 2.25. The fourth-order valence-corrected chi connectivity index (χ4v) is 4.18. The van der Waals surface area contributed by atoms with Crippen LogP contribution < -0.4 is 0 Å². The van der Waals surface area contributed by atoms with Crippen molar-refractivity contribution in [3.63, 3.8) is 0 Å². The molecular formula is C21H28N4O. The van der Waals surface area contributed by atoms with Crippen LogP contribution in [0.1, 0.15) is 30.4 Å². The van der Waals surface area contributed by atoms with Crippen molar-refractivity contribution in [2.45, 2.75) is 38.8 Å². The highest BCUT2D eigenvalue weighted by atomic mass is 16.2. The molecule has 5 nitrogen and oxygen atoms in total. The predicted octanol–water partition coefficient (Wildman–Crippen LogP) is 2.57. The van der Waals surface area contributed by atoms with Crippen LogP contribution in [-0.4, -0.2) is 51.7 Å². The van der Waals surface area contributed by atoms with Gasteiger partial charge in [0.2, 0.25) is 5.91 Å². The third-order valence-corrected chi connectivity index (χ3v) is 5.86. The minimum absolute atomic E-state index is 0.342. The van der Waals surface area contributed by atoms with Gasteiger partial charge in [-0.15, -0.1) is 0 Å². The largest absolute Gasteiger partial charge is 0.338 e. The van der Waals surface area contributed by atoms with Crippen molar-refractivity contribution in [2.24, 2.45) is 5.92 Å². The second-order valence-corrected chi connectivity index (χ2v) is 7.59. The van der Waals surface area contributed by atoms with Crippen molar-refractivity contribution in [1.82, 2.24) is 19.6 Å². The Bertz CT molecular complexity index is 719. The maximum absolute atomic E-state index is 12.7. The molecule has 0 unspecified atom stereocenters. The molecule has 0 radical (unpaired) electrons. The monoisotopic (exact) mass is 352 g/mol. The van der Waals surface area contributed by atoms with Gasteiger partial charge in [-0.3, -0.25) is 9.48 Å². The first-order chi connectivity index (χ1) is 12.8. The summed E-state index contributed by atoms with van der Waals surface area (Å²) in [6, 6.07) is 10.5. The summed E-state index contributed by atoms with van der Waals surface area (Å²) in [6.07, 6.45) is 7.83. The molecule has 3 heterocycles. The first kappa shape index (κ1) is 17.3. The van der Waals surface area contributed by atoms with Crippen molar-refractivity contribution >= 4 is 5.91 Å². The third-order valence-electron chi connectivity index (χ3n) is 5.86. The zero-order chi connectivity index (χ0) is 17.8. The van der Waals surface area contributed by atoms with Crippen LogP contribution in [0.15, 0.2) is 42.7 Å². The van der Waals surface area contributed by atoms with E-state index in [1.807, 2.05) is 23.1 Å². The molecule has 2 aliphatic heterocycles. The summed E-state index contributed by atoms with van der Waals surface area (Å²) in [7, 11) is 0. The van der Waals surface area contributed by atoms with Gasteiger partial charge in [-0.25, -0.2) is 0 Å². The van der Waals surface area contributed by atoms with Gasteiger partial charge in [-0.2, -0.15) is 5.10 Å². The zero-order valence-corrected chi connectivity index (χ0v) is 15.4. The van der Waals surface area contributed by atoms with E-state index in [0.29, 0.717) is 11.8 Å². The van der Waals surface area contributed by atoms with E-state index in [2.05, 4.69) is 39.2 Å². The maximum atomic E-state index is 12.7. The highest BCUT2D eigenvalue weighted by molar-refractivity contribution is 5.76. The van der Waals surface area contributed by atoms with Gasteiger partial charge in [0.25, 0.3) is 0 Å². The number of likely N-dealkylation sites (tertiary alicyclic amines) is 1. The van der Waals surface area contributed by atoms with Crippen LogP contribution in [0.3, 0.4) is 0 Å². The fourth-order valence-electron chi connectivity index (χ4n) is 4.18. The molecule has 2 aromatic rings. The van der Waals surface area contributed by atoms with Crippen LogP contribution in [0.5, 0.6) is 0 Å². The number of amides is 1. The number of hydrogen-bond acceptors (Lipinski definition) is 3. The summed E-state index contributed by atoms with van der Waals surface area (Å²) in [5.74, 6) is 0.884. The Morgan fingerprint density at radius 2 is 1.85 bits per heavy atom. The van der Waals surface area contributed by atoms with Gasteiger partial charge in [0.05, 0.1) is 6.54 Å². The Balaban J connectivity index is 1.21. The summed E-state index contributed by atoms with van der Waals surface area (Å²) >= 11 is 0. The van der Waals surface area contributed by atoms with Crippen LogP contribution in [0, 0.1) is 5.92 Å². The number of benzene rings is 1. The molecule has 1 fully saturated rings. The van der Waals surface area contributed by atoms with Crippen LogP contribution in [0.4, 0.5) is 0 Å². The lowest BCUT2D eigenvalue weighted by Gasteiger charge is -2.34. The lowest BCUT2D eigenvalue weighted by Crippen LogP contribution is -2.40. The average molecular weight is 352 g/mol. The van der Waals surface area contributed by atoms with Gasteiger partial charge >= 0.3 is 0 Å². The molecule has 2 aliphatic rings.